The summed E-state index contributed by atoms with van der Waals surface area (Å²) in [5.41, 5.74) is 0.252. The minimum Gasteiger partial charge on any atom is -0.469 e. The van der Waals surface area contributed by atoms with Crippen molar-refractivity contribution in [3.8, 4) is 0 Å². The molecule has 10 nitrogen and oxygen atoms in total. The van der Waals surface area contributed by atoms with Gasteiger partial charge in [0.1, 0.15) is 0 Å². The molecule has 33 heavy (non-hydrogen) atoms. The van der Waals surface area contributed by atoms with Gasteiger partial charge in [0, 0.05) is 24.8 Å². The van der Waals surface area contributed by atoms with E-state index in [9.17, 15) is 22.8 Å². The maximum Gasteiger partial charge on any atom is 0.311 e. The van der Waals surface area contributed by atoms with E-state index < -0.39 is 26.8 Å². The normalized spacial score (nSPS) is 15.6. The number of nitrogens with zero attached hydrogens (tertiary/aromatic N) is 2. The zero-order valence-electron chi connectivity index (χ0n) is 18.4. The van der Waals surface area contributed by atoms with Gasteiger partial charge in [-0.2, -0.15) is 4.31 Å². The number of methoxy groups -OCH3 is 1. The van der Waals surface area contributed by atoms with E-state index in [1.54, 1.807) is 19.1 Å². The molecule has 0 aliphatic carbocycles. The van der Waals surface area contributed by atoms with Gasteiger partial charge in [-0.3, -0.25) is 14.4 Å². The van der Waals surface area contributed by atoms with Crippen molar-refractivity contribution in [1.82, 2.24) is 14.3 Å². The number of anilines is 1. The molecule has 2 N–H and O–H groups in total. The third-order valence-electron chi connectivity index (χ3n) is 5.06. The van der Waals surface area contributed by atoms with E-state index >= 15 is 0 Å². The lowest BCUT2D eigenvalue weighted by Crippen LogP contribution is -2.35. The number of carbonyl (C=O) groups is 2. The van der Waals surface area contributed by atoms with Crippen LogP contribution in [-0.2, 0) is 30.8 Å². The quantitative estimate of drug-likeness (QED) is 0.322. The Morgan fingerprint density at radius 3 is 2.52 bits per heavy atom. The molecule has 2 heterocycles. The summed E-state index contributed by atoms with van der Waals surface area (Å²) in [5.74, 6) is -0.881. The fourth-order valence-corrected chi connectivity index (χ4v) is 5.63. The van der Waals surface area contributed by atoms with E-state index in [0.29, 0.717) is 18.8 Å². The predicted molar refractivity (Wildman–Crippen MR) is 124 cm³/mol. The number of hydrogen-bond acceptors (Lipinski definition) is 8. The Morgan fingerprint density at radius 2 is 1.88 bits per heavy atom. The summed E-state index contributed by atoms with van der Waals surface area (Å²) in [4.78, 5) is 42.8. The van der Waals surface area contributed by atoms with Crippen LogP contribution in [0.5, 0.6) is 0 Å². The monoisotopic (exact) mass is 494 g/mol. The molecule has 1 amide bonds. The van der Waals surface area contributed by atoms with Crippen LogP contribution in [0.3, 0.4) is 0 Å². The van der Waals surface area contributed by atoms with Crippen molar-refractivity contribution in [2.24, 2.45) is 0 Å². The van der Waals surface area contributed by atoms with Crippen molar-refractivity contribution in [1.29, 1.82) is 0 Å². The van der Waals surface area contributed by atoms with E-state index in [2.05, 4.69) is 20.0 Å². The number of nitrogens with one attached hydrogen (secondary N) is 2. The standard InChI is InChI=1S/C21H26N4O6S2/c1-14(32-21-23-16(12-18(26)24-21)13-19(27)31-2)20(28)22-15-6-8-17(9-7-15)33(29,30)25-10-4-3-5-11-25/h6-9,12,14H,3-5,10-11,13H2,1-2H3,(H,22,28)(H,23,24,26)/t14-/m0/s1. The number of benzene rings is 1. The number of aromatic amines is 1. The third-order valence-corrected chi connectivity index (χ3v) is 7.96. The highest BCUT2D eigenvalue weighted by molar-refractivity contribution is 8.00. The van der Waals surface area contributed by atoms with Gasteiger partial charge in [-0.05, 0) is 44.0 Å². The van der Waals surface area contributed by atoms with E-state index in [1.807, 2.05) is 0 Å². The molecule has 12 heteroatoms. The molecule has 1 atom stereocenters. The van der Waals surface area contributed by atoms with Gasteiger partial charge in [0.15, 0.2) is 5.16 Å². The third kappa shape index (κ3) is 6.65. The number of hydrogen-bond donors (Lipinski definition) is 2. The number of ether oxygens (including phenoxy) is 1. The zero-order chi connectivity index (χ0) is 24.0. The Labute approximate surface area is 196 Å². The number of piperidine rings is 1. The van der Waals surface area contributed by atoms with Crippen molar-refractivity contribution in [2.45, 2.75) is 47.9 Å². The Balaban J connectivity index is 1.63. The topological polar surface area (TPSA) is 139 Å². The van der Waals surface area contributed by atoms with Crippen LogP contribution in [0.25, 0.3) is 0 Å². The fourth-order valence-electron chi connectivity index (χ4n) is 3.28. The molecular weight excluding hydrogens is 468 g/mol. The lowest BCUT2D eigenvalue weighted by Gasteiger charge is -2.25. The number of amides is 1. The van der Waals surface area contributed by atoms with Crippen molar-refractivity contribution >= 4 is 39.3 Å². The van der Waals surface area contributed by atoms with Crippen LogP contribution in [0.15, 0.2) is 45.2 Å². The predicted octanol–water partition coefficient (Wildman–Crippen LogP) is 1.78. The first-order valence-electron chi connectivity index (χ1n) is 10.4. The Bertz CT molecular complexity index is 1160. The Kier molecular flexibility index (Phi) is 8.27. The number of aromatic nitrogens is 2. The highest BCUT2D eigenvalue weighted by Gasteiger charge is 2.26. The summed E-state index contributed by atoms with van der Waals surface area (Å²) < 4.78 is 31.6. The highest BCUT2D eigenvalue weighted by atomic mass is 32.2. The van der Waals surface area contributed by atoms with Gasteiger partial charge in [0.25, 0.3) is 5.56 Å². The summed E-state index contributed by atoms with van der Waals surface area (Å²) in [6, 6.07) is 7.25. The minimum atomic E-state index is -3.54. The molecule has 178 valence electrons. The largest absolute Gasteiger partial charge is 0.469 e. The number of rotatable bonds is 8. The van der Waals surface area contributed by atoms with Crippen molar-refractivity contribution < 1.29 is 22.7 Å². The molecule has 1 fully saturated rings. The molecule has 0 saturated carbocycles. The summed E-state index contributed by atoms with van der Waals surface area (Å²) in [6.07, 6.45) is 2.59. The number of thioether (sulfide) groups is 1. The van der Waals surface area contributed by atoms with Gasteiger partial charge in [0.05, 0.1) is 29.4 Å². The van der Waals surface area contributed by atoms with Gasteiger partial charge in [-0.25, -0.2) is 13.4 Å². The fraction of sp³-hybridized carbons (Fsp3) is 0.429. The van der Waals surface area contributed by atoms with Crippen molar-refractivity contribution in [3.63, 3.8) is 0 Å². The summed E-state index contributed by atoms with van der Waals surface area (Å²) in [7, 11) is -2.30. The van der Waals surface area contributed by atoms with Gasteiger partial charge in [0.2, 0.25) is 15.9 Å². The van der Waals surface area contributed by atoms with Crippen LogP contribution in [0, 0.1) is 0 Å². The molecule has 1 aliphatic rings. The molecule has 3 rings (SSSR count). The van der Waals surface area contributed by atoms with Crippen LogP contribution in [0.1, 0.15) is 31.9 Å². The molecular formula is C21H26N4O6S2. The van der Waals surface area contributed by atoms with Gasteiger partial charge in [-0.15, -0.1) is 0 Å². The Morgan fingerprint density at radius 1 is 1.21 bits per heavy atom. The lowest BCUT2D eigenvalue weighted by molar-refractivity contribution is -0.139. The molecule has 0 unspecified atom stereocenters. The van der Waals surface area contributed by atoms with Crippen molar-refractivity contribution in [3.05, 3.63) is 46.4 Å². The van der Waals surface area contributed by atoms with Crippen LogP contribution in [0.4, 0.5) is 5.69 Å². The molecule has 0 bridgehead atoms. The smallest absolute Gasteiger partial charge is 0.311 e. The first-order chi connectivity index (χ1) is 15.7. The summed E-state index contributed by atoms with van der Waals surface area (Å²) >= 11 is 1.03. The number of esters is 1. The minimum absolute atomic E-state index is 0.152. The van der Waals surface area contributed by atoms with Gasteiger partial charge >= 0.3 is 5.97 Å². The maximum atomic E-state index is 12.7. The molecule has 1 aliphatic heterocycles. The molecule has 0 spiro atoms. The second kappa shape index (κ2) is 10.9. The molecule has 1 aromatic heterocycles. The Hall–Kier alpha value is -2.70. The average Bonchev–Trinajstić information content (AvgIpc) is 2.79. The number of sulfonamides is 1. The number of H-pyrrole nitrogens is 1. The van der Waals surface area contributed by atoms with E-state index in [-0.39, 0.29) is 28.1 Å². The van der Waals surface area contributed by atoms with Crippen LogP contribution in [-0.4, -0.2) is 60.0 Å². The molecule has 1 aromatic carbocycles. The summed E-state index contributed by atoms with van der Waals surface area (Å²) in [6.45, 7) is 2.68. The maximum absolute atomic E-state index is 12.7. The van der Waals surface area contributed by atoms with E-state index in [4.69, 9.17) is 0 Å². The van der Waals surface area contributed by atoms with Crippen molar-refractivity contribution in [2.75, 3.05) is 25.5 Å². The SMILES string of the molecule is COC(=O)Cc1cc(=O)[nH]c(S[C@@H](C)C(=O)Nc2ccc(S(=O)(=O)N3CCCCC3)cc2)n1. The molecule has 0 radical (unpaired) electrons. The average molecular weight is 495 g/mol. The highest BCUT2D eigenvalue weighted by Crippen LogP contribution is 2.23. The van der Waals surface area contributed by atoms with Crippen LogP contribution in [0.2, 0.25) is 0 Å². The summed E-state index contributed by atoms with van der Waals surface area (Å²) in [5, 5.41) is 2.30. The first-order valence-corrected chi connectivity index (χ1v) is 12.8. The van der Waals surface area contributed by atoms with E-state index in [0.717, 1.165) is 31.0 Å². The van der Waals surface area contributed by atoms with Crippen LogP contribution < -0.4 is 10.9 Å². The zero-order valence-corrected chi connectivity index (χ0v) is 20.0. The van der Waals surface area contributed by atoms with E-state index in [1.165, 1.54) is 29.6 Å². The molecule has 1 saturated heterocycles. The van der Waals surface area contributed by atoms with Gasteiger partial charge in [-0.1, -0.05) is 18.2 Å². The number of carbonyl (C=O) groups excluding carboxylic acids is 2. The van der Waals surface area contributed by atoms with Gasteiger partial charge < -0.3 is 15.0 Å². The molecule has 2 aromatic rings. The second-order valence-electron chi connectivity index (χ2n) is 7.53. The van der Waals surface area contributed by atoms with Crippen LogP contribution >= 0.6 is 11.8 Å². The lowest BCUT2D eigenvalue weighted by atomic mass is 10.2. The second-order valence-corrected chi connectivity index (χ2v) is 10.8. The first kappa shape index (κ1) is 24.9.